The lowest BCUT2D eigenvalue weighted by atomic mass is 9.86. The van der Waals surface area contributed by atoms with Crippen LogP contribution in [0.15, 0.2) is 0 Å². The Morgan fingerprint density at radius 1 is 1.30 bits per heavy atom. The van der Waals surface area contributed by atoms with Gasteiger partial charge in [-0.25, -0.2) is 0 Å². The molecular weight excluding hydrogens is 128 g/mol. The van der Waals surface area contributed by atoms with E-state index in [1.807, 2.05) is 13.8 Å². The standard InChI is InChI=1S/C8H18O2/c1-4-7(5-2)8(3,10)6-9/h7,9-10H,4-6H2,1-3H3. The molecule has 0 rings (SSSR count). The van der Waals surface area contributed by atoms with Crippen LogP contribution < -0.4 is 0 Å². The van der Waals surface area contributed by atoms with Crippen molar-refractivity contribution in [2.24, 2.45) is 5.92 Å². The molecule has 62 valence electrons. The first kappa shape index (κ1) is 9.92. The smallest absolute Gasteiger partial charge is 0.0877 e. The summed E-state index contributed by atoms with van der Waals surface area (Å²) in [5.41, 5.74) is -0.885. The van der Waals surface area contributed by atoms with E-state index < -0.39 is 5.60 Å². The van der Waals surface area contributed by atoms with Gasteiger partial charge in [0.25, 0.3) is 0 Å². The van der Waals surface area contributed by atoms with Crippen LogP contribution in [0.3, 0.4) is 0 Å². The van der Waals surface area contributed by atoms with Crippen molar-refractivity contribution in [2.45, 2.75) is 39.2 Å². The van der Waals surface area contributed by atoms with Crippen LogP contribution in [0, 0.1) is 5.92 Å². The SMILES string of the molecule is CCC(CC)C(C)(O)CO. The summed E-state index contributed by atoms with van der Waals surface area (Å²) in [5.74, 6) is 0.220. The molecular formula is C8H18O2. The molecule has 0 saturated heterocycles. The van der Waals surface area contributed by atoms with Gasteiger partial charge in [0, 0.05) is 0 Å². The highest BCUT2D eigenvalue weighted by atomic mass is 16.3. The van der Waals surface area contributed by atoms with Gasteiger partial charge in [0.1, 0.15) is 0 Å². The zero-order chi connectivity index (χ0) is 8.20. The second-order valence-corrected chi connectivity index (χ2v) is 3.03. The van der Waals surface area contributed by atoms with Gasteiger partial charge in [0.2, 0.25) is 0 Å². The maximum atomic E-state index is 9.53. The highest BCUT2D eigenvalue weighted by molar-refractivity contribution is 4.78. The Balaban J connectivity index is 3.97. The maximum Gasteiger partial charge on any atom is 0.0877 e. The Morgan fingerprint density at radius 3 is 1.80 bits per heavy atom. The monoisotopic (exact) mass is 146 g/mol. The van der Waals surface area contributed by atoms with Crippen LogP contribution in [0.5, 0.6) is 0 Å². The number of rotatable bonds is 4. The summed E-state index contributed by atoms with van der Waals surface area (Å²) in [6.45, 7) is 5.60. The quantitative estimate of drug-likeness (QED) is 0.625. The molecule has 0 radical (unpaired) electrons. The Bertz CT molecular complexity index is 85.3. The van der Waals surface area contributed by atoms with Crippen molar-refractivity contribution < 1.29 is 10.2 Å². The van der Waals surface area contributed by atoms with Crippen LogP contribution in [0.4, 0.5) is 0 Å². The minimum atomic E-state index is -0.885. The summed E-state index contributed by atoms with van der Waals surface area (Å²) in [6.07, 6.45) is 1.84. The van der Waals surface area contributed by atoms with Crippen LogP contribution in [-0.2, 0) is 0 Å². The van der Waals surface area contributed by atoms with E-state index in [0.717, 1.165) is 12.8 Å². The van der Waals surface area contributed by atoms with Crippen molar-refractivity contribution >= 4 is 0 Å². The van der Waals surface area contributed by atoms with Crippen LogP contribution in [-0.4, -0.2) is 22.4 Å². The van der Waals surface area contributed by atoms with Crippen molar-refractivity contribution in [3.8, 4) is 0 Å². The van der Waals surface area contributed by atoms with Gasteiger partial charge in [-0.2, -0.15) is 0 Å². The van der Waals surface area contributed by atoms with Gasteiger partial charge in [0.05, 0.1) is 12.2 Å². The molecule has 0 aliphatic rings. The van der Waals surface area contributed by atoms with Crippen LogP contribution in [0.1, 0.15) is 33.6 Å². The van der Waals surface area contributed by atoms with E-state index in [0.29, 0.717) is 0 Å². The van der Waals surface area contributed by atoms with Crippen molar-refractivity contribution in [2.75, 3.05) is 6.61 Å². The molecule has 2 nitrogen and oxygen atoms in total. The van der Waals surface area contributed by atoms with E-state index in [-0.39, 0.29) is 12.5 Å². The zero-order valence-corrected chi connectivity index (χ0v) is 7.09. The average molecular weight is 146 g/mol. The normalized spacial score (nSPS) is 17.4. The second kappa shape index (κ2) is 3.94. The number of aliphatic hydroxyl groups excluding tert-OH is 1. The van der Waals surface area contributed by atoms with Gasteiger partial charge in [-0.05, 0) is 12.8 Å². The highest BCUT2D eigenvalue weighted by Crippen LogP contribution is 2.22. The van der Waals surface area contributed by atoms with Gasteiger partial charge in [-0.15, -0.1) is 0 Å². The summed E-state index contributed by atoms with van der Waals surface area (Å²) < 4.78 is 0. The molecule has 2 heteroatoms. The molecule has 1 unspecified atom stereocenters. The van der Waals surface area contributed by atoms with Crippen LogP contribution in [0.2, 0.25) is 0 Å². The van der Waals surface area contributed by atoms with E-state index >= 15 is 0 Å². The molecule has 0 spiro atoms. The Kier molecular flexibility index (Phi) is 3.91. The van der Waals surface area contributed by atoms with Gasteiger partial charge in [-0.1, -0.05) is 26.7 Å². The van der Waals surface area contributed by atoms with Gasteiger partial charge in [-0.3, -0.25) is 0 Å². The molecule has 0 saturated carbocycles. The fourth-order valence-corrected chi connectivity index (χ4v) is 1.30. The summed E-state index contributed by atoms with van der Waals surface area (Å²) in [4.78, 5) is 0. The number of hydrogen-bond donors (Lipinski definition) is 2. The lowest BCUT2D eigenvalue weighted by Gasteiger charge is -2.29. The molecule has 0 aromatic rings. The zero-order valence-electron chi connectivity index (χ0n) is 7.09. The van der Waals surface area contributed by atoms with Gasteiger partial charge >= 0.3 is 0 Å². The third-order valence-electron chi connectivity index (χ3n) is 2.19. The molecule has 0 heterocycles. The van der Waals surface area contributed by atoms with Crippen molar-refractivity contribution in [3.63, 3.8) is 0 Å². The maximum absolute atomic E-state index is 9.53. The van der Waals surface area contributed by atoms with Crippen LogP contribution in [0.25, 0.3) is 0 Å². The topological polar surface area (TPSA) is 40.5 Å². The fraction of sp³-hybridized carbons (Fsp3) is 1.00. The lowest BCUT2D eigenvalue weighted by molar-refractivity contribution is -0.0490. The molecule has 0 fully saturated rings. The van der Waals surface area contributed by atoms with E-state index in [9.17, 15) is 5.11 Å². The number of hydrogen-bond acceptors (Lipinski definition) is 2. The molecule has 0 aromatic heterocycles. The fourth-order valence-electron chi connectivity index (χ4n) is 1.30. The molecule has 0 amide bonds. The highest BCUT2D eigenvalue weighted by Gasteiger charge is 2.27. The van der Waals surface area contributed by atoms with Crippen molar-refractivity contribution in [3.05, 3.63) is 0 Å². The minimum absolute atomic E-state index is 0.140. The Labute approximate surface area is 62.9 Å². The van der Waals surface area contributed by atoms with Crippen LogP contribution >= 0.6 is 0 Å². The summed E-state index contributed by atoms with van der Waals surface area (Å²) in [6, 6.07) is 0. The first-order valence-electron chi connectivity index (χ1n) is 3.91. The molecule has 2 N–H and O–H groups in total. The Morgan fingerprint density at radius 2 is 1.70 bits per heavy atom. The lowest BCUT2D eigenvalue weighted by Crippen LogP contribution is -2.37. The molecule has 0 aliphatic heterocycles. The van der Waals surface area contributed by atoms with E-state index in [2.05, 4.69) is 0 Å². The van der Waals surface area contributed by atoms with Gasteiger partial charge in [0.15, 0.2) is 0 Å². The van der Waals surface area contributed by atoms with Crippen molar-refractivity contribution in [1.82, 2.24) is 0 Å². The molecule has 0 aromatic carbocycles. The molecule has 0 aliphatic carbocycles. The largest absolute Gasteiger partial charge is 0.393 e. The predicted octanol–water partition coefficient (Wildman–Crippen LogP) is 1.17. The molecule has 0 bridgehead atoms. The Hall–Kier alpha value is -0.0800. The third kappa shape index (κ3) is 2.27. The summed E-state index contributed by atoms with van der Waals surface area (Å²) >= 11 is 0. The van der Waals surface area contributed by atoms with Crippen molar-refractivity contribution in [1.29, 1.82) is 0 Å². The first-order valence-corrected chi connectivity index (χ1v) is 3.91. The van der Waals surface area contributed by atoms with Gasteiger partial charge < -0.3 is 10.2 Å². The first-order chi connectivity index (χ1) is 4.58. The minimum Gasteiger partial charge on any atom is -0.393 e. The van der Waals surface area contributed by atoms with E-state index in [1.165, 1.54) is 0 Å². The predicted molar refractivity (Wildman–Crippen MR) is 41.8 cm³/mol. The molecule has 10 heavy (non-hydrogen) atoms. The summed E-state index contributed by atoms with van der Waals surface area (Å²) in [7, 11) is 0. The molecule has 1 atom stereocenters. The number of aliphatic hydroxyl groups is 2. The summed E-state index contributed by atoms with van der Waals surface area (Å²) in [5, 5.41) is 18.3. The third-order valence-corrected chi connectivity index (χ3v) is 2.19. The van der Waals surface area contributed by atoms with E-state index in [1.54, 1.807) is 6.92 Å². The van der Waals surface area contributed by atoms with E-state index in [4.69, 9.17) is 5.11 Å². The average Bonchev–Trinajstić information content (AvgIpc) is 1.90. The second-order valence-electron chi connectivity index (χ2n) is 3.03.